The van der Waals surface area contributed by atoms with Crippen LogP contribution in [0.3, 0.4) is 0 Å². The Morgan fingerprint density at radius 2 is 0.500 bits per heavy atom. The molecule has 0 aliphatic heterocycles. The molecule has 0 bridgehead atoms. The van der Waals surface area contributed by atoms with Gasteiger partial charge in [0.25, 0.3) is 0 Å². The SMILES string of the molecule is [OH-].[OH-].[Rb+].[Rb+]. The van der Waals surface area contributed by atoms with Crippen LogP contribution in [0.4, 0.5) is 0 Å². The topological polar surface area (TPSA) is 60.0 Å². The van der Waals surface area contributed by atoms with Crippen molar-refractivity contribution in [1.82, 2.24) is 0 Å². The Morgan fingerprint density at radius 3 is 0.500 bits per heavy atom. The second-order valence-corrected chi connectivity index (χ2v) is 0. The standard InChI is InChI=1S/2H2O.2Rb/h2*1H2;;/q;;2*+1/p-2. The van der Waals surface area contributed by atoms with E-state index in [-0.39, 0.29) is 127 Å². The van der Waals surface area contributed by atoms with Crippen LogP contribution in [0.15, 0.2) is 0 Å². The first kappa shape index (κ1) is 25.8. The summed E-state index contributed by atoms with van der Waals surface area (Å²) < 4.78 is 0. The zero-order valence-corrected chi connectivity index (χ0v) is 12.7. The summed E-state index contributed by atoms with van der Waals surface area (Å²) in [6.07, 6.45) is 0. The molecule has 0 radical (unpaired) electrons. The molecule has 16 valence electrons. The van der Waals surface area contributed by atoms with Crippen molar-refractivity contribution in [2.75, 3.05) is 0 Å². The van der Waals surface area contributed by atoms with Crippen molar-refractivity contribution in [2.24, 2.45) is 0 Å². The largest absolute Gasteiger partial charge is 1.00 e. The molecule has 0 heterocycles. The Kier molecular flexibility index (Phi) is 103. The van der Waals surface area contributed by atoms with Gasteiger partial charge in [0.05, 0.1) is 0 Å². The predicted molar refractivity (Wildman–Crippen MR) is 3.87 cm³/mol. The molecule has 0 aromatic rings. The number of hydrogen-bond donors (Lipinski definition) is 0. The number of hydrogen-bond acceptors (Lipinski definition) is 2. The van der Waals surface area contributed by atoms with Gasteiger partial charge in [-0.05, 0) is 0 Å². The van der Waals surface area contributed by atoms with Gasteiger partial charge in [0, 0.05) is 0 Å². The Labute approximate surface area is 123 Å². The summed E-state index contributed by atoms with van der Waals surface area (Å²) >= 11 is 0. The van der Waals surface area contributed by atoms with Crippen LogP contribution in [-0.2, 0) is 0 Å². The molecule has 0 aliphatic rings. The molecule has 0 aromatic heterocycles. The quantitative estimate of drug-likeness (QED) is 0.395. The first-order valence-corrected chi connectivity index (χ1v) is 0. The second kappa shape index (κ2) is 16.0. The number of rotatable bonds is 0. The molecule has 0 aromatic carbocycles. The fourth-order valence-corrected chi connectivity index (χ4v) is 0. The van der Waals surface area contributed by atoms with E-state index in [1.165, 1.54) is 0 Å². The third-order valence-corrected chi connectivity index (χ3v) is 0. The third-order valence-electron chi connectivity index (χ3n) is 0. The Hall–Kier alpha value is 3.53. The van der Waals surface area contributed by atoms with Crippen molar-refractivity contribution in [2.45, 2.75) is 0 Å². The molecule has 4 heavy (non-hydrogen) atoms. The first-order valence-electron chi connectivity index (χ1n) is 0. The third kappa shape index (κ3) is 9.11. The average Bonchev–Trinajstić information content (AvgIpc) is 0. The minimum Gasteiger partial charge on any atom is -0.870 e. The van der Waals surface area contributed by atoms with Gasteiger partial charge in [-0.1, -0.05) is 0 Å². The van der Waals surface area contributed by atoms with Gasteiger partial charge >= 0.3 is 116 Å². The van der Waals surface area contributed by atoms with Gasteiger partial charge in [-0.15, -0.1) is 0 Å². The van der Waals surface area contributed by atoms with E-state index < -0.39 is 0 Å². The van der Waals surface area contributed by atoms with Crippen LogP contribution in [-0.4, -0.2) is 11.0 Å². The second-order valence-electron chi connectivity index (χ2n) is 0. The molecule has 0 unspecified atom stereocenters. The molecular formula is H2O2Rb2. The molecule has 0 aliphatic carbocycles. The molecule has 0 fully saturated rings. The summed E-state index contributed by atoms with van der Waals surface area (Å²) in [6.45, 7) is 0. The Morgan fingerprint density at radius 1 is 0.500 bits per heavy atom. The summed E-state index contributed by atoms with van der Waals surface area (Å²) in [4.78, 5) is 0. The maximum absolute atomic E-state index is 0. The van der Waals surface area contributed by atoms with Crippen molar-refractivity contribution >= 4 is 0 Å². The molecular weight excluding hydrogens is 203 g/mol. The van der Waals surface area contributed by atoms with E-state index in [1.54, 1.807) is 0 Å². The van der Waals surface area contributed by atoms with Crippen LogP contribution in [0, 0.1) is 0 Å². The van der Waals surface area contributed by atoms with Gasteiger partial charge in [0.1, 0.15) is 0 Å². The zero-order valence-electron chi connectivity index (χ0n) is 2.89. The molecule has 0 amide bonds. The molecule has 0 spiro atoms. The monoisotopic (exact) mass is 204 g/mol. The van der Waals surface area contributed by atoms with Crippen molar-refractivity contribution in [3.8, 4) is 0 Å². The Bertz CT molecular complexity index is 4.00. The van der Waals surface area contributed by atoms with Gasteiger partial charge < -0.3 is 11.0 Å². The van der Waals surface area contributed by atoms with Gasteiger partial charge in [-0.25, -0.2) is 0 Å². The maximum Gasteiger partial charge on any atom is 1.00 e. The van der Waals surface area contributed by atoms with Crippen LogP contribution in [0.25, 0.3) is 0 Å². The zero-order chi connectivity index (χ0) is 0. The molecule has 0 atom stereocenters. The minimum absolute atomic E-state index is 0. The van der Waals surface area contributed by atoms with Gasteiger partial charge in [-0.3, -0.25) is 0 Å². The molecule has 4 heteroatoms. The summed E-state index contributed by atoms with van der Waals surface area (Å²) in [5, 5.41) is 0. The van der Waals surface area contributed by atoms with E-state index in [1.807, 2.05) is 0 Å². The fraction of sp³-hybridized carbons (Fsp3) is 0. The first-order chi connectivity index (χ1) is 0. The molecule has 0 rings (SSSR count). The van der Waals surface area contributed by atoms with E-state index in [2.05, 4.69) is 0 Å². The van der Waals surface area contributed by atoms with Gasteiger partial charge in [0.15, 0.2) is 0 Å². The summed E-state index contributed by atoms with van der Waals surface area (Å²) in [6, 6.07) is 0. The minimum atomic E-state index is 0. The molecule has 0 saturated heterocycles. The van der Waals surface area contributed by atoms with Gasteiger partial charge in [-0.2, -0.15) is 0 Å². The van der Waals surface area contributed by atoms with Crippen LogP contribution in [0.5, 0.6) is 0 Å². The van der Waals surface area contributed by atoms with Crippen LogP contribution in [0.2, 0.25) is 0 Å². The summed E-state index contributed by atoms with van der Waals surface area (Å²) in [5.74, 6) is 0. The van der Waals surface area contributed by atoms with Crippen molar-refractivity contribution in [3.05, 3.63) is 0 Å². The van der Waals surface area contributed by atoms with E-state index in [0.29, 0.717) is 0 Å². The summed E-state index contributed by atoms with van der Waals surface area (Å²) in [7, 11) is 0. The Balaban J connectivity index is 0. The smallest absolute Gasteiger partial charge is 0.870 e. The van der Waals surface area contributed by atoms with E-state index in [9.17, 15) is 0 Å². The van der Waals surface area contributed by atoms with Gasteiger partial charge in [0.2, 0.25) is 0 Å². The molecule has 2 nitrogen and oxygen atoms in total. The van der Waals surface area contributed by atoms with Crippen LogP contribution >= 0.6 is 0 Å². The maximum atomic E-state index is 0. The van der Waals surface area contributed by atoms with Crippen LogP contribution < -0.4 is 116 Å². The summed E-state index contributed by atoms with van der Waals surface area (Å²) in [5.41, 5.74) is 0. The van der Waals surface area contributed by atoms with E-state index in [0.717, 1.165) is 0 Å². The van der Waals surface area contributed by atoms with E-state index >= 15 is 0 Å². The van der Waals surface area contributed by atoms with Crippen molar-refractivity contribution < 1.29 is 127 Å². The van der Waals surface area contributed by atoms with E-state index in [4.69, 9.17) is 0 Å². The van der Waals surface area contributed by atoms with Crippen molar-refractivity contribution in [1.29, 1.82) is 0 Å². The molecule has 0 saturated carbocycles. The van der Waals surface area contributed by atoms with Crippen LogP contribution in [0.1, 0.15) is 0 Å². The average molecular weight is 205 g/mol. The molecule has 2 N–H and O–H groups in total. The van der Waals surface area contributed by atoms with Crippen molar-refractivity contribution in [3.63, 3.8) is 0 Å². The normalized spacial score (nSPS) is 0. The fourth-order valence-electron chi connectivity index (χ4n) is 0. The predicted octanol–water partition coefficient (Wildman–Crippen LogP) is -6.35.